The number of halogens is 1. The van der Waals surface area contributed by atoms with Crippen LogP contribution in [-0.4, -0.2) is 30.1 Å². The number of aryl methyl sites for hydroxylation is 2. The largest absolute Gasteiger partial charge is 0.497 e. The molecule has 8 nitrogen and oxygen atoms in total. The topological polar surface area (TPSA) is 93.8 Å². The summed E-state index contributed by atoms with van der Waals surface area (Å²) in [5.74, 6) is 4.11. The lowest BCUT2D eigenvalue weighted by molar-refractivity contribution is 0.412. The number of methoxy groups -OCH3 is 1. The van der Waals surface area contributed by atoms with E-state index in [1.54, 1.807) is 20.4 Å². The molecule has 0 fully saturated rings. The number of benzene rings is 1. The fourth-order valence-corrected chi connectivity index (χ4v) is 2.52. The van der Waals surface area contributed by atoms with Crippen molar-refractivity contribution in [3.05, 3.63) is 65.5 Å². The summed E-state index contributed by atoms with van der Waals surface area (Å²) in [4.78, 5) is 12.9. The summed E-state index contributed by atoms with van der Waals surface area (Å²) in [5.41, 5.74) is 1.89. The Morgan fingerprint density at radius 2 is 1.73 bits per heavy atom. The van der Waals surface area contributed by atoms with Crippen molar-refractivity contribution >= 4 is 29.9 Å². The highest BCUT2D eigenvalue weighted by atomic mass is 127. The van der Waals surface area contributed by atoms with Gasteiger partial charge in [-0.25, -0.2) is 9.97 Å². The van der Waals surface area contributed by atoms with Gasteiger partial charge in [0.2, 0.25) is 11.8 Å². The van der Waals surface area contributed by atoms with Crippen LogP contribution in [0.5, 0.6) is 17.4 Å². The Bertz CT molecular complexity index is 936. The monoisotopic (exact) mass is 523 g/mol. The zero-order valence-corrected chi connectivity index (χ0v) is 19.8. The van der Waals surface area contributed by atoms with Crippen LogP contribution in [0.25, 0.3) is 0 Å². The van der Waals surface area contributed by atoms with Gasteiger partial charge in [-0.05, 0) is 43.7 Å². The second kappa shape index (κ2) is 11.4. The molecule has 0 unspecified atom stereocenters. The fourth-order valence-electron chi connectivity index (χ4n) is 2.52. The average Bonchev–Trinajstić information content (AvgIpc) is 3.07. The van der Waals surface area contributed by atoms with Crippen molar-refractivity contribution in [3.63, 3.8) is 0 Å². The lowest BCUT2D eigenvalue weighted by Gasteiger charge is -2.11. The van der Waals surface area contributed by atoms with Crippen molar-refractivity contribution in [1.29, 1.82) is 0 Å². The Labute approximate surface area is 193 Å². The molecule has 3 rings (SSSR count). The van der Waals surface area contributed by atoms with E-state index in [2.05, 4.69) is 25.6 Å². The first-order chi connectivity index (χ1) is 14.1. The molecule has 0 spiro atoms. The van der Waals surface area contributed by atoms with Crippen molar-refractivity contribution in [2.45, 2.75) is 26.9 Å². The third-order valence-corrected chi connectivity index (χ3v) is 4.24. The van der Waals surface area contributed by atoms with Gasteiger partial charge in [-0.2, -0.15) is 0 Å². The molecule has 0 aliphatic rings. The molecule has 1 aromatic carbocycles. The van der Waals surface area contributed by atoms with Gasteiger partial charge in [-0.3, -0.25) is 4.99 Å². The lowest BCUT2D eigenvalue weighted by atomic mass is 10.3. The standard InChI is InChI=1S/C21H25N5O3.HI/c1-14-15(2)28-20(26-14)13-25-21(22-3)24-12-16-5-10-19(23-11-16)29-18-8-6-17(27-4)7-9-18;/h5-11H,12-13H2,1-4H3,(H2,22,24,25);1H. The Kier molecular flexibility index (Phi) is 8.90. The fraction of sp³-hybridized carbons (Fsp3) is 0.286. The van der Waals surface area contributed by atoms with E-state index in [-0.39, 0.29) is 24.0 Å². The predicted octanol–water partition coefficient (Wildman–Crippen LogP) is 3.97. The highest BCUT2D eigenvalue weighted by Crippen LogP contribution is 2.22. The molecular weight excluding hydrogens is 497 g/mol. The van der Waals surface area contributed by atoms with Gasteiger partial charge >= 0.3 is 0 Å². The Balaban J connectivity index is 0.00000320. The lowest BCUT2D eigenvalue weighted by Crippen LogP contribution is -2.36. The molecule has 3 aromatic rings. The van der Waals surface area contributed by atoms with E-state index in [0.717, 1.165) is 22.8 Å². The van der Waals surface area contributed by atoms with Crippen LogP contribution in [0, 0.1) is 13.8 Å². The molecule has 2 N–H and O–H groups in total. The van der Waals surface area contributed by atoms with E-state index in [1.165, 1.54) is 0 Å². The number of hydrogen-bond acceptors (Lipinski definition) is 6. The summed E-state index contributed by atoms with van der Waals surface area (Å²) in [6, 6.07) is 11.1. The van der Waals surface area contributed by atoms with Crippen molar-refractivity contribution in [2.24, 2.45) is 4.99 Å². The SMILES string of the molecule is CN=C(NCc1ccc(Oc2ccc(OC)cc2)nc1)NCc1nc(C)c(C)o1.I. The average molecular weight is 523 g/mol. The molecule has 9 heteroatoms. The van der Waals surface area contributed by atoms with Crippen LogP contribution in [0.15, 0.2) is 52.0 Å². The van der Waals surface area contributed by atoms with Crippen molar-refractivity contribution < 1.29 is 13.9 Å². The van der Waals surface area contributed by atoms with E-state index in [9.17, 15) is 0 Å². The number of aromatic nitrogens is 2. The number of ether oxygens (including phenoxy) is 2. The number of guanidine groups is 1. The summed E-state index contributed by atoms with van der Waals surface area (Å²) in [7, 11) is 3.34. The van der Waals surface area contributed by atoms with Crippen LogP contribution < -0.4 is 20.1 Å². The molecule has 0 aliphatic carbocycles. The Morgan fingerprint density at radius 1 is 1.03 bits per heavy atom. The highest BCUT2D eigenvalue weighted by molar-refractivity contribution is 14.0. The van der Waals surface area contributed by atoms with Crippen LogP contribution in [0.3, 0.4) is 0 Å². The number of pyridine rings is 1. The first kappa shape index (κ1) is 23.5. The van der Waals surface area contributed by atoms with Gasteiger partial charge in [-0.15, -0.1) is 24.0 Å². The third kappa shape index (κ3) is 6.61. The molecule has 2 heterocycles. The van der Waals surface area contributed by atoms with Gasteiger partial charge in [-0.1, -0.05) is 6.07 Å². The van der Waals surface area contributed by atoms with Gasteiger partial charge in [0.15, 0.2) is 5.96 Å². The molecule has 0 radical (unpaired) electrons. The van der Waals surface area contributed by atoms with E-state index in [0.29, 0.717) is 36.6 Å². The van der Waals surface area contributed by atoms with Crippen molar-refractivity contribution in [2.75, 3.05) is 14.2 Å². The number of oxazole rings is 1. The van der Waals surface area contributed by atoms with Crippen LogP contribution in [0.4, 0.5) is 0 Å². The Hall–Kier alpha value is -2.82. The van der Waals surface area contributed by atoms with Gasteiger partial charge in [0.25, 0.3) is 0 Å². The first-order valence-corrected chi connectivity index (χ1v) is 9.21. The highest BCUT2D eigenvalue weighted by Gasteiger charge is 2.07. The van der Waals surface area contributed by atoms with Crippen molar-refractivity contribution in [1.82, 2.24) is 20.6 Å². The van der Waals surface area contributed by atoms with Crippen LogP contribution in [0.2, 0.25) is 0 Å². The van der Waals surface area contributed by atoms with Crippen molar-refractivity contribution in [3.8, 4) is 17.4 Å². The summed E-state index contributed by atoms with van der Waals surface area (Å²) in [5, 5.41) is 6.41. The molecule has 30 heavy (non-hydrogen) atoms. The summed E-state index contributed by atoms with van der Waals surface area (Å²) in [6.45, 7) is 4.85. The Morgan fingerprint density at radius 3 is 2.30 bits per heavy atom. The molecule has 0 bridgehead atoms. The zero-order valence-electron chi connectivity index (χ0n) is 17.4. The summed E-state index contributed by atoms with van der Waals surface area (Å²) >= 11 is 0. The smallest absolute Gasteiger partial charge is 0.219 e. The number of hydrogen-bond donors (Lipinski definition) is 2. The molecule has 0 amide bonds. The zero-order chi connectivity index (χ0) is 20.6. The molecule has 160 valence electrons. The second-order valence-corrected chi connectivity index (χ2v) is 6.31. The molecule has 0 saturated carbocycles. The number of nitrogens with one attached hydrogen (secondary N) is 2. The molecule has 0 atom stereocenters. The summed E-state index contributed by atoms with van der Waals surface area (Å²) < 4.78 is 16.4. The predicted molar refractivity (Wildman–Crippen MR) is 126 cm³/mol. The van der Waals surface area contributed by atoms with Gasteiger partial charge in [0.1, 0.15) is 17.3 Å². The second-order valence-electron chi connectivity index (χ2n) is 6.31. The van der Waals surface area contributed by atoms with Crippen LogP contribution in [0.1, 0.15) is 22.9 Å². The van der Waals surface area contributed by atoms with Crippen LogP contribution in [-0.2, 0) is 13.1 Å². The van der Waals surface area contributed by atoms with E-state index < -0.39 is 0 Å². The molecule has 0 aliphatic heterocycles. The first-order valence-electron chi connectivity index (χ1n) is 9.21. The molecule has 2 aromatic heterocycles. The summed E-state index contributed by atoms with van der Waals surface area (Å²) in [6.07, 6.45) is 1.76. The number of nitrogens with zero attached hydrogens (tertiary/aromatic N) is 3. The van der Waals surface area contributed by atoms with E-state index in [1.807, 2.05) is 50.2 Å². The molecule has 0 saturated heterocycles. The minimum atomic E-state index is 0. The minimum Gasteiger partial charge on any atom is -0.497 e. The van der Waals surface area contributed by atoms with Crippen LogP contribution >= 0.6 is 24.0 Å². The normalized spacial score (nSPS) is 10.9. The third-order valence-electron chi connectivity index (χ3n) is 4.24. The maximum absolute atomic E-state index is 5.74. The number of aliphatic imine (C=N–C) groups is 1. The molecular formula is C21H26IN5O3. The van der Waals surface area contributed by atoms with Gasteiger partial charge in [0, 0.05) is 25.9 Å². The minimum absolute atomic E-state index is 0. The van der Waals surface area contributed by atoms with Gasteiger partial charge < -0.3 is 24.5 Å². The van der Waals surface area contributed by atoms with E-state index in [4.69, 9.17) is 13.9 Å². The number of rotatable bonds is 7. The van der Waals surface area contributed by atoms with E-state index >= 15 is 0 Å². The maximum Gasteiger partial charge on any atom is 0.219 e. The maximum atomic E-state index is 5.74. The quantitative estimate of drug-likeness (QED) is 0.275. The van der Waals surface area contributed by atoms with Gasteiger partial charge in [0.05, 0.1) is 19.3 Å².